The zero-order valence-electron chi connectivity index (χ0n) is 9.37. The van der Waals surface area contributed by atoms with E-state index in [1.165, 1.54) is 6.07 Å². The Morgan fingerprint density at radius 2 is 1.87 bits per heavy atom. The number of aliphatic hydroxyl groups excluding tert-OH is 1. The van der Waals surface area contributed by atoms with Crippen molar-refractivity contribution < 1.29 is 9.50 Å². The van der Waals surface area contributed by atoms with Gasteiger partial charge < -0.3 is 5.11 Å². The Hall–Kier alpha value is -0.890. The second kappa shape index (κ2) is 3.31. The third-order valence-corrected chi connectivity index (χ3v) is 3.83. The van der Waals surface area contributed by atoms with Gasteiger partial charge >= 0.3 is 0 Å². The van der Waals surface area contributed by atoms with Crippen molar-refractivity contribution in [3.8, 4) is 0 Å². The van der Waals surface area contributed by atoms with Crippen molar-refractivity contribution in [1.82, 2.24) is 0 Å². The minimum Gasteiger partial charge on any atom is -0.392 e. The predicted octanol–water partition coefficient (Wildman–Crippen LogP) is 2.95. The van der Waals surface area contributed by atoms with E-state index in [0.29, 0.717) is 0 Å². The minimum atomic E-state index is -0.331. The zero-order valence-corrected chi connectivity index (χ0v) is 9.37. The van der Waals surface area contributed by atoms with E-state index in [0.717, 1.165) is 5.56 Å². The molecule has 0 bridgehead atoms. The molecule has 0 spiro atoms. The van der Waals surface area contributed by atoms with E-state index in [4.69, 9.17) is 0 Å². The van der Waals surface area contributed by atoms with Gasteiger partial charge in [0.1, 0.15) is 5.82 Å². The van der Waals surface area contributed by atoms with Gasteiger partial charge in [0.25, 0.3) is 0 Å². The van der Waals surface area contributed by atoms with Crippen LogP contribution in [0.5, 0.6) is 0 Å². The molecule has 2 rings (SSSR count). The van der Waals surface area contributed by atoms with Crippen LogP contribution in [-0.2, 0) is 0 Å². The summed E-state index contributed by atoms with van der Waals surface area (Å²) in [6.07, 6.45) is -0.331. The van der Waals surface area contributed by atoms with E-state index in [1.807, 2.05) is 32.9 Å². The maximum atomic E-state index is 13.6. The second-order valence-corrected chi connectivity index (χ2v) is 5.12. The van der Waals surface area contributed by atoms with Gasteiger partial charge in [-0.15, -0.1) is 0 Å². The Morgan fingerprint density at radius 1 is 1.27 bits per heavy atom. The summed E-state index contributed by atoms with van der Waals surface area (Å²) in [4.78, 5) is 0. The van der Waals surface area contributed by atoms with Crippen LogP contribution in [0.1, 0.15) is 32.3 Å². The van der Waals surface area contributed by atoms with Crippen LogP contribution < -0.4 is 0 Å². The molecular formula is C13H17FO. The first-order valence-electron chi connectivity index (χ1n) is 5.38. The summed E-state index contributed by atoms with van der Waals surface area (Å²) in [5.74, 6) is 0.0972. The number of rotatable bonds is 1. The lowest BCUT2D eigenvalue weighted by Crippen LogP contribution is -2.54. The third-order valence-electron chi connectivity index (χ3n) is 3.83. The third kappa shape index (κ3) is 1.39. The molecule has 2 heteroatoms. The van der Waals surface area contributed by atoms with Crippen LogP contribution in [0.2, 0.25) is 0 Å². The fraction of sp³-hybridized carbons (Fsp3) is 0.538. The van der Waals surface area contributed by atoms with Crippen LogP contribution >= 0.6 is 0 Å². The van der Waals surface area contributed by atoms with Crippen LogP contribution in [0.3, 0.4) is 0 Å². The van der Waals surface area contributed by atoms with Crippen LogP contribution in [0, 0.1) is 17.2 Å². The summed E-state index contributed by atoms with van der Waals surface area (Å²) < 4.78 is 13.6. The molecule has 1 aliphatic carbocycles. The fourth-order valence-electron chi connectivity index (χ4n) is 3.01. The van der Waals surface area contributed by atoms with Crippen LogP contribution in [0.15, 0.2) is 24.3 Å². The number of halogens is 1. The Morgan fingerprint density at radius 3 is 2.40 bits per heavy atom. The summed E-state index contributed by atoms with van der Waals surface area (Å²) in [5, 5.41) is 9.84. The largest absolute Gasteiger partial charge is 0.392 e. The van der Waals surface area contributed by atoms with Crippen LogP contribution in [0.25, 0.3) is 0 Å². The van der Waals surface area contributed by atoms with E-state index >= 15 is 0 Å². The van der Waals surface area contributed by atoms with Gasteiger partial charge in [-0.1, -0.05) is 39.0 Å². The molecule has 1 saturated carbocycles. The number of hydrogen-bond acceptors (Lipinski definition) is 1. The maximum Gasteiger partial charge on any atom is 0.126 e. The van der Waals surface area contributed by atoms with E-state index in [1.54, 1.807) is 6.07 Å². The summed E-state index contributed by atoms with van der Waals surface area (Å²) >= 11 is 0. The summed E-state index contributed by atoms with van der Waals surface area (Å²) in [6, 6.07) is 6.87. The van der Waals surface area contributed by atoms with Gasteiger partial charge in [0.15, 0.2) is 0 Å². The van der Waals surface area contributed by atoms with Crippen molar-refractivity contribution in [3.05, 3.63) is 35.6 Å². The molecule has 3 atom stereocenters. The highest BCUT2D eigenvalue weighted by Gasteiger charge is 2.54. The highest BCUT2D eigenvalue weighted by molar-refractivity contribution is 5.29. The standard InChI is InChI=1S/C13H17FO/c1-8-11(13(2,3)12(8)15)9-6-4-5-7-10(9)14/h4-8,11-12,15H,1-3H3. The summed E-state index contributed by atoms with van der Waals surface area (Å²) in [5.41, 5.74) is 0.516. The molecule has 3 unspecified atom stereocenters. The maximum absolute atomic E-state index is 13.6. The molecule has 0 aromatic heterocycles. The molecule has 1 fully saturated rings. The molecule has 0 amide bonds. The molecule has 82 valence electrons. The molecule has 1 aliphatic rings. The predicted molar refractivity (Wildman–Crippen MR) is 58.1 cm³/mol. The molecule has 1 N–H and O–H groups in total. The fourth-order valence-corrected chi connectivity index (χ4v) is 3.01. The molecule has 0 radical (unpaired) electrons. The number of hydrogen-bond donors (Lipinski definition) is 1. The molecule has 1 aromatic rings. The Kier molecular flexibility index (Phi) is 2.34. The monoisotopic (exact) mass is 208 g/mol. The summed E-state index contributed by atoms with van der Waals surface area (Å²) in [6.45, 7) is 5.97. The van der Waals surface area contributed by atoms with E-state index in [-0.39, 0.29) is 29.2 Å². The van der Waals surface area contributed by atoms with Gasteiger partial charge in [-0.2, -0.15) is 0 Å². The lowest BCUT2D eigenvalue weighted by molar-refractivity contribution is -0.116. The van der Waals surface area contributed by atoms with E-state index in [9.17, 15) is 9.50 Å². The van der Waals surface area contributed by atoms with Gasteiger partial charge in [-0.25, -0.2) is 4.39 Å². The minimum absolute atomic E-state index is 0.119. The smallest absolute Gasteiger partial charge is 0.126 e. The lowest BCUT2D eigenvalue weighted by atomic mass is 9.52. The van der Waals surface area contributed by atoms with E-state index < -0.39 is 0 Å². The van der Waals surface area contributed by atoms with Gasteiger partial charge in [-0.05, 0) is 28.9 Å². The molecular weight excluding hydrogens is 191 g/mol. The zero-order chi connectivity index (χ0) is 11.2. The van der Waals surface area contributed by atoms with E-state index in [2.05, 4.69) is 0 Å². The van der Waals surface area contributed by atoms with Crippen molar-refractivity contribution in [3.63, 3.8) is 0 Å². The molecule has 0 saturated heterocycles. The van der Waals surface area contributed by atoms with Crippen molar-refractivity contribution in [2.75, 3.05) is 0 Å². The van der Waals surface area contributed by atoms with Gasteiger partial charge in [0, 0.05) is 0 Å². The number of benzene rings is 1. The van der Waals surface area contributed by atoms with Gasteiger partial charge in [0.2, 0.25) is 0 Å². The lowest BCUT2D eigenvalue weighted by Gasteiger charge is -2.55. The normalized spacial score (nSPS) is 33.5. The Balaban J connectivity index is 2.37. The van der Waals surface area contributed by atoms with Crippen LogP contribution in [-0.4, -0.2) is 11.2 Å². The first-order valence-corrected chi connectivity index (χ1v) is 5.38. The topological polar surface area (TPSA) is 20.2 Å². The molecule has 0 aliphatic heterocycles. The van der Waals surface area contributed by atoms with Gasteiger partial charge in [0.05, 0.1) is 6.10 Å². The highest BCUT2D eigenvalue weighted by atomic mass is 19.1. The molecule has 0 heterocycles. The molecule has 15 heavy (non-hydrogen) atoms. The van der Waals surface area contributed by atoms with Crippen LogP contribution in [0.4, 0.5) is 4.39 Å². The number of aliphatic hydroxyl groups is 1. The SMILES string of the molecule is CC1C(O)C(C)(C)C1c1ccccc1F. The first-order chi connectivity index (χ1) is 6.96. The van der Waals surface area contributed by atoms with Crippen molar-refractivity contribution >= 4 is 0 Å². The second-order valence-electron chi connectivity index (χ2n) is 5.12. The molecule has 1 nitrogen and oxygen atoms in total. The molecule has 1 aromatic carbocycles. The quantitative estimate of drug-likeness (QED) is 0.752. The first kappa shape index (κ1) is 10.6. The Bertz CT molecular complexity index is 373. The average molecular weight is 208 g/mol. The van der Waals surface area contributed by atoms with Gasteiger partial charge in [-0.3, -0.25) is 0 Å². The van der Waals surface area contributed by atoms with Crippen molar-refractivity contribution in [2.45, 2.75) is 32.8 Å². The highest BCUT2D eigenvalue weighted by Crippen LogP contribution is 2.56. The summed E-state index contributed by atoms with van der Waals surface area (Å²) in [7, 11) is 0. The van der Waals surface area contributed by atoms with Crippen molar-refractivity contribution in [2.24, 2.45) is 11.3 Å². The average Bonchev–Trinajstić information content (AvgIpc) is 2.20. The van der Waals surface area contributed by atoms with Crippen molar-refractivity contribution in [1.29, 1.82) is 0 Å². The Labute approximate surface area is 89.9 Å².